The summed E-state index contributed by atoms with van der Waals surface area (Å²) in [5.74, 6) is 0. The number of aromatic nitrogens is 1. The van der Waals surface area contributed by atoms with Crippen LogP contribution in [-0.4, -0.2) is 25.8 Å². The van der Waals surface area contributed by atoms with Gasteiger partial charge in [-0.15, -0.1) is 11.3 Å². The number of rotatable bonds is 7. The molecule has 0 spiro atoms. The summed E-state index contributed by atoms with van der Waals surface area (Å²) in [5.41, 5.74) is 9.22. The quantitative estimate of drug-likeness (QED) is 0.554. The Morgan fingerprint density at radius 1 is 1.07 bits per heavy atom. The van der Waals surface area contributed by atoms with Crippen LogP contribution in [-0.2, 0) is 29.1 Å². The van der Waals surface area contributed by atoms with Crippen molar-refractivity contribution < 1.29 is 18.3 Å². The van der Waals surface area contributed by atoms with E-state index in [0.29, 0.717) is 18.5 Å². The van der Waals surface area contributed by atoms with E-state index in [9.17, 15) is 18.3 Å². The molecule has 1 heterocycles. The zero-order valence-corrected chi connectivity index (χ0v) is 17.3. The van der Waals surface area contributed by atoms with Crippen molar-refractivity contribution in [1.82, 2.24) is 4.98 Å². The Labute approximate surface area is 173 Å². The fourth-order valence-corrected chi connectivity index (χ4v) is 4.50. The molecule has 152 valence electrons. The molecule has 0 saturated heterocycles. The van der Waals surface area contributed by atoms with Crippen LogP contribution in [0, 0.1) is 0 Å². The first-order valence-electron chi connectivity index (χ1n) is 8.81. The van der Waals surface area contributed by atoms with Gasteiger partial charge in [0, 0.05) is 23.2 Å². The van der Waals surface area contributed by atoms with Crippen molar-refractivity contribution >= 4 is 38.1 Å². The number of nitrogens with zero attached hydrogens (tertiary/aromatic N) is 1. The summed E-state index contributed by atoms with van der Waals surface area (Å²) in [4.78, 5) is 16.4. The minimum Gasteiger partial charge on any atom is -0.530 e. The monoisotopic (exact) mass is 430 g/mol. The maximum absolute atomic E-state index is 11.6. The van der Waals surface area contributed by atoms with Gasteiger partial charge in [0.25, 0.3) is 0 Å². The molecule has 0 aliphatic heterocycles. The van der Waals surface area contributed by atoms with Crippen LogP contribution in [0.15, 0.2) is 53.4 Å². The van der Waals surface area contributed by atoms with Crippen LogP contribution in [0.2, 0.25) is 0 Å². The first-order chi connectivity index (χ1) is 13.7. The van der Waals surface area contributed by atoms with E-state index in [0.717, 1.165) is 28.1 Å². The Hall–Kier alpha value is -2.91. The molecule has 29 heavy (non-hydrogen) atoms. The number of amides is 1. The fourth-order valence-electron chi connectivity index (χ4n) is 2.84. The maximum Gasteiger partial charge on any atom is 0.188 e. The molecule has 0 atom stereocenters. The Bertz CT molecular complexity index is 1110. The average molecular weight is 431 g/mol. The minimum atomic E-state index is -3.25. The number of hydrogen-bond donors (Lipinski definition) is 2. The lowest BCUT2D eigenvalue weighted by Gasteiger charge is -2.05. The van der Waals surface area contributed by atoms with Crippen LogP contribution in [0.4, 0.5) is 15.6 Å². The number of sulfone groups is 1. The van der Waals surface area contributed by atoms with Crippen LogP contribution >= 0.6 is 11.3 Å². The van der Waals surface area contributed by atoms with Crippen LogP contribution in [0.3, 0.4) is 0 Å². The molecule has 0 fully saturated rings. The fraction of sp³-hybridized carbons (Fsp3) is 0.200. The smallest absolute Gasteiger partial charge is 0.188 e. The Kier molecular flexibility index (Phi) is 6.19. The van der Waals surface area contributed by atoms with E-state index in [2.05, 4.69) is 10.3 Å². The first kappa shape index (κ1) is 20.8. The molecule has 2 aromatic carbocycles. The third kappa shape index (κ3) is 5.78. The molecule has 3 N–H and O–H groups in total. The largest absolute Gasteiger partial charge is 0.530 e. The molecule has 0 radical (unpaired) electrons. The molecule has 1 aromatic heterocycles. The van der Waals surface area contributed by atoms with Crippen LogP contribution in [0.1, 0.15) is 21.7 Å². The van der Waals surface area contributed by atoms with Crippen molar-refractivity contribution in [3.63, 3.8) is 0 Å². The normalized spacial score (nSPS) is 11.3. The molecule has 0 saturated carbocycles. The van der Waals surface area contributed by atoms with Crippen molar-refractivity contribution in [3.05, 3.63) is 70.2 Å². The van der Waals surface area contributed by atoms with Gasteiger partial charge in [-0.1, -0.05) is 24.3 Å². The lowest BCUT2D eigenvalue weighted by molar-refractivity contribution is -0.242. The second-order valence-corrected chi connectivity index (χ2v) is 9.74. The highest BCUT2D eigenvalue weighted by Crippen LogP contribution is 2.27. The number of anilines is 2. The number of carbonyl (C=O) groups is 1. The van der Waals surface area contributed by atoms with Gasteiger partial charge in [0.15, 0.2) is 15.0 Å². The number of carboxylic acid groups (broad SMARTS) is 1. The second kappa shape index (κ2) is 8.62. The molecule has 3 aromatic rings. The maximum atomic E-state index is 11.6. The molecule has 0 unspecified atom stereocenters. The predicted octanol–water partition coefficient (Wildman–Crippen LogP) is 2.26. The molecular formula is C20H20N3O4S2-. The predicted molar refractivity (Wildman–Crippen MR) is 112 cm³/mol. The molecule has 0 aliphatic carbocycles. The molecule has 1 amide bonds. The Morgan fingerprint density at radius 2 is 1.69 bits per heavy atom. The summed E-state index contributed by atoms with van der Waals surface area (Å²) >= 11 is 1.25. The van der Waals surface area contributed by atoms with E-state index in [1.165, 1.54) is 17.6 Å². The van der Waals surface area contributed by atoms with Crippen molar-refractivity contribution in [1.29, 1.82) is 0 Å². The van der Waals surface area contributed by atoms with Gasteiger partial charge in [0.1, 0.15) is 6.09 Å². The second-order valence-electron chi connectivity index (χ2n) is 6.64. The van der Waals surface area contributed by atoms with Gasteiger partial charge in [0.05, 0.1) is 10.6 Å². The summed E-state index contributed by atoms with van der Waals surface area (Å²) in [6.07, 6.45) is 1.64. The molecular weight excluding hydrogens is 410 g/mol. The number of benzene rings is 2. The highest BCUT2D eigenvalue weighted by molar-refractivity contribution is 7.90. The lowest BCUT2D eigenvalue weighted by atomic mass is 10.0. The number of nitrogens with two attached hydrogens (primary N) is 1. The van der Waals surface area contributed by atoms with Crippen LogP contribution < -0.4 is 16.2 Å². The van der Waals surface area contributed by atoms with Gasteiger partial charge in [-0.2, -0.15) is 0 Å². The van der Waals surface area contributed by atoms with E-state index >= 15 is 0 Å². The number of nitrogens with one attached hydrogen (secondary N) is 1. The van der Waals surface area contributed by atoms with Gasteiger partial charge in [-0.3, -0.25) is 0 Å². The highest BCUT2D eigenvalue weighted by atomic mass is 32.2. The molecule has 3 rings (SSSR count). The van der Waals surface area contributed by atoms with Crippen molar-refractivity contribution in [2.45, 2.75) is 24.2 Å². The van der Waals surface area contributed by atoms with Crippen LogP contribution in [0.5, 0.6) is 0 Å². The van der Waals surface area contributed by atoms with Gasteiger partial charge >= 0.3 is 0 Å². The van der Waals surface area contributed by atoms with Gasteiger partial charge in [0.2, 0.25) is 0 Å². The SMILES string of the molecule is CS(=O)(=O)c1ccc(Cc2sc(NC(=O)[O-])nc2CCc2ccc(N)cc2)cc1. The number of aryl methyl sites for hydroxylation is 2. The minimum absolute atomic E-state index is 0.258. The highest BCUT2D eigenvalue weighted by Gasteiger charge is 2.13. The van der Waals surface area contributed by atoms with Crippen molar-refractivity contribution in [3.8, 4) is 0 Å². The summed E-state index contributed by atoms with van der Waals surface area (Å²) in [6, 6.07) is 14.2. The summed E-state index contributed by atoms with van der Waals surface area (Å²) in [6.45, 7) is 0. The molecule has 0 aliphatic rings. The summed E-state index contributed by atoms with van der Waals surface area (Å²) in [5, 5.41) is 13.3. The molecule has 9 heteroatoms. The number of nitrogen functional groups attached to an aromatic ring is 1. The average Bonchev–Trinajstić information content (AvgIpc) is 3.01. The zero-order valence-electron chi connectivity index (χ0n) is 15.7. The van der Waals surface area contributed by atoms with Gasteiger partial charge in [-0.25, -0.2) is 13.4 Å². The number of carbonyl (C=O) groups excluding carboxylic acids is 1. The van der Waals surface area contributed by atoms with E-state index in [4.69, 9.17) is 5.73 Å². The van der Waals surface area contributed by atoms with E-state index < -0.39 is 15.9 Å². The molecule has 7 nitrogen and oxygen atoms in total. The number of thiazole rings is 1. The summed E-state index contributed by atoms with van der Waals surface area (Å²) in [7, 11) is -3.25. The first-order valence-corrected chi connectivity index (χ1v) is 11.5. The molecule has 0 bridgehead atoms. The summed E-state index contributed by atoms with van der Waals surface area (Å²) < 4.78 is 23.2. The van der Waals surface area contributed by atoms with Crippen molar-refractivity contribution in [2.75, 3.05) is 17.3 Å². The lowest BCUT2D eigenvalue weighted by Crippen LogP contribution is -2.28. The van der Waals surface area contributed by atoms with Crippen molar-refractivity contribution in [2.24, 2.45) is 0 Å². The van der Waals surface area contributed by atoms with Crippen LogP contribution in [0.25, 0.3) is 0 Å². The van der Waals surface area contributed by atoms with E-state index in [1.807, 2.05) is 24.3 Å². The number of hydrogen-bond acceptors (Lipinski definition) is 7. The van der Waals surface area contributed by atoms with Gasteiger partial charge < -0.3 is 21.0 Å². The third-order valence-electron chi connectivity index (χ3n) is 4.33. The third-order valence-corrected chi connectivity index (χ3v) is 6.48. The van der Waals surface area contributed by atoms with E-state index in [1.54, 1.807) is 24.3 Å². The topological polar surface area (TPSA) is 125 Å². The Balaban J connectivity index is 1.81. The van der Waals surface area contributed by atoms with Gasteiger partial charge in [-0.05, 0) is 48.2 Å². The standard InChI is InChI=1S/C20H21N3O4S2/c1-29(26,27)16-9-4-14(5-10-16)12-18-17(22-19(28-18)23-20(24)25)11-6-13-2-7-15(21)8-3-13/h2-5,7-10H,6,11-12,21H2,1H3,(H,22,23)(H,24,25)/p-1. The Morgan fingerprint density at radius 3 is 2.28 bits per heavy atom. The van der Waals surface area contributed by atoms with E-state index in [-0.39, 0.29) is 10.0 Å². The zero-order chi connectivity index (χ0) is 21.0.